The topological polar surface area (TPSA) is 69.6 Å². The van der Waals surface area contributed by atoms with E-state index in [1.807, 2.05) is 29.5 Å². The van der Waals surface area contributed by atoms with Gasteiger partial charge in [-0.25, -0.2) is 14.0 Å². The summed E-state index contributed by atoms with van der Waals surface area (Å²) in [6.45, 7) is 1.91. The summed E-state index contributed by atoms with van der Waals surface area (Å²) in [6, 6.07) is 2.72. The number of hydrogen-bond donors (Lipinski definition) is 2. The first-order valence-electron chi connectivity index (χ1n) is 6.32. The molecule has 1 aliphatic rings. The number of carboxylic acid groups (broad SMARTS) is 1. The van der Waals surface area contributed by atoms with Gasteiger partial charge in [0.05, 0.1) is 11.1 Å². The van der Waals surface area contributed by atoms with Crippen molar-refractivity contribution in [3.8, 4) is 0 Å². The van der Waals surface area contributed by atoms with Crippen LogP contribution in [-0.4, -0.2) is 39.2 Å². The third-order valence-corrected chi connectivity index (χ3v) is 5.48. The summed E-state index contributed by atoms with van der Waals surface area (Å²) in [5.41, 5.74) is 0.470. The molecule has 1 aromatic carbocycles. The summed E-state index contributed by atoms with van der Waals surface area (Å²) in [4.78, 5) is 25.0. The van der Waals surface area contributed by atoms with Gasteiger partial charge in [-0.3, -0.25) is 4.90 Å². The molecule has 114 valence electrons. The van der Waals surface area contributed by atoms with Crippen LogP contribution in [0.3, 0.4) is 0 Å². The molecule has 1 fully saturated rings. The smallest absolute Gasteiger partial charge is 0.327 e. The van der Waals surface area contributed by atoms with E-state index >= 15 is 0 Å². The minimum Gasteiger partial charge on any atom is -0.480 e. The van der Waals surface area contributed by atoms with Crippen molar-refractivity contribution in [2.75, 3.05) is 11.1 Å². The van der Waals surface area contributed by atoms with Crippen molar-refractivity contribution in [1.82, 2.24) is 4.90 Å². The van der Waals surface area contributed by atoms with E-state index in [-0.39, 0.29) is 11.2 Å². The van der Waals surface area contributed by atoms with Crippen LogP contribution in [0.25, 0.3) is 0 Å². The number of rotatable bonds is 3. The number of aliphatic carboxylic acids is 1. The lowest BCUT2D eigenvalue weighted by molar-refractivity contribution is -0.141. The molecule has 1 heterocycles. The lowest BCUT2D eigenvalue weighted by Gasteiger charge is -2.27. The average Bonchev–Trinajstić information content (AvgIpc) is 2.86. The van der Waals surface area contributed by atoms with Crippen molar-refractivity contribution in [2.24, 2.45) is 0 Å². The zero-order chi connectivity index (χ0) is 15.6. The molecule has 0 radical (unpaired) electrons. The van der Waals surface area contributed by atoms with E-state index in [9.17, 15) is 19.1 Å². The van der Waals surface area contributed by atoms with Crippen LogP contribution in [0.2, 0.25) is 0 Å². The number of anilines is 1. The number of amides is 2. The second-order valence-corrected chi connectivity index (χ2v) is 6.88. The number of carboxylic acids is 1. The van der Waals surface area contributed by atoms with Gasteiger partial charge in [-0.2, -0.15) is 0 Å². The Labute approximate surface area is 139 Å². The first-order valence-corrected chi connectivity index (χ1v) is 8.45. The molecule has 2 atom stereocenters. The molecule has 0 bridgehead atoms. The van der Waals surface area contributed by atoms with Gasteiger partial charge in [0.1, 0.15) is 11.9 Å². The maximum absolute atomic E-state index is 13.1. The van der Waals surface area contributed by atoms with Crippen LogP contribution in [0.15, 0.2) is 18.2 Å². The zero-order valence-corrected chi connectivity index (χ0v) is 14.2. The maximum atomic E-state index is 13.1. The predicted molar refractivity (Wildman–Crippen MR) is 87.9 cm³/mol. The van der Waals surface area contributed by atoms with Gasteiger partial charge in [0.15, 0.2) is 0 Å². The highest BCUT2D eigenvalue weighted by molar-refractivity contribution is 14.1. The summed E-state index contributed by atoms with van der Waals surface area (Å²) in [6.07, 6.45) is 0.669. The fourth-order valence-corrected chi connectivity index (χ4v) is 4.07. The number of carbonyl (C=O) groups is 2. The van der Waals surface area contributed by atoms with Crippen molar-refractivity contribution in [3.05, 3.63) is 27.6 Å². The fraction of sp³-hybridized carbons (Fsp3) is 0.385. The minimum atomic E-state index is -1.01. The number of halogens is 2. The summed E-state index contributed by atoms with van der Waals surface area (Å²) in [5, 5.41) is 11.7. The predicted octanol–water partition coefficient (Wildman–Crippen LogP) is 3.20. The number of urea groups is 1. The van der Waals surface area contributed by atoms with Gasteiger partial charge in [0.25, 0.3) is 0 Å². The molecule has 1 saturated heterocycles. The Hall–Kier alpha value is -1.03. The van der Waals surface area contributed by atoms with Gasteiger partial charge in [0, 0.05) is 9.32 Å². The van der Waals surface area contributed by atoms with Gasteiger partial charge in [-0.15, -0.1) is 11.8 Å². The molecule has 0 aliphatic carbocycles. The number of nitrogens with one attached hydrogen (secondary N) is 1. The van der Waals surface area contributed by atoms with Crippen LogP contribution in [0.5, 0.6) is 0 Å². The van der Waals surface area contributed by atoms with Crippen LogP contribution in [0, 0.1) is 9.39 Å². The Bertz CT molecular complexity index is 572. The standard InChI is InChI=1S/C13H14FIN2O3S/c1-2-11-17(10(6-21-11)12(18)19)13(20)16-9-4-3-7(14)5-8(9)15/h3-5,10-11H,2,6H2,1H3,(H,16,20)(H,18,19). The monoisotopic (exact) mass is 424 g/mol. The molecular weight excluding hydrogens is 410 g/mol. The van der Waals surface area contributed by atoms with Crippen LogP contribution in [0.4, 0.5) is 14.9 Å². The van der Waals surface area contributed by atoms with Crippen molar-refractivity contribution < 1.29 is 19.1 Å². The van der Waals surface area contributed by atoms with Crippen molar-refractivity contribution in [3.63, 3.8) is 0 Å². The van der Waals surface area contributed by atoms with E-state index in [0.717, 1.165) is 0 Å². The largest absolute Gasteiger partial charge is 0.480 e. The second kappa shape index (κ2) is 6.82. The first kappa shape index (κ1) is 16.3. The van der Waals surface area contributed by atoms with Crippen LogP contribution in [-0.2, 0) is 4.79 Å². The number of nitrogens with zero attached hydrogens (tertiary/aromatic N) is 1. The third kappa shape index (κ3) is 3.60. The van der Waals surface area contributed by atoms with E-state index in [2.05, 4.69) is 5.32 Å². The highest BCUT2D eigenvalue weighted by atomic mass is 127. The van der Waals surface area contributed by atoms with Crippen LogP contribution < -0.4 is 5.32 Å². The van der Waals surface area contributed by atoms with Gasteiger partial charge in [-0.1, -0.05) is 6.92 Å². The average molecular weight is 424 g/mol. The van der Waals surface area contributed by atoms with E-state index < -0.39 is 18.0 Å². The molecule has 1 aliphatic heterocycles. The number of carbonyl (C=O) groups excluding carboxylic acids is 1. The van der Waals surface area contributed by atoms with Crippen molar-refractivity contribution in [2.45, 2.75) is 24.8 Å². The fourth-order valence-electron chi connectivity index (χ4n) is 2.11. The minimum absolute atomic E-state index is 0.163. The Kier molecular flexibility index (Phi) is 5.31. The lowest BCUT2D eigenvalue weighted by atomic mass is 10.2. The Morgan fingerprint density at radius 3 is 2.86 bits per heavy atom. The molecular formula is C13H14FIN2O3S. The molecule has 0 spiro atoms. The van der Waals surface area contributed by atoms with E-state index in [0.29, 0.717) is 21.4 Å². The van der Waals surface area contributed by atoms with Crippen LogP contribution >= 0.6 is 34.4 Å². The zero-order valence-electron chi connectivity index (χ0n) is 11.2. The van der Waals surface area contributed by atoms with Crippen molar-refractivity contribution >= 4 is 52.0 Å². The van der Waals surface area contributed by atoms with Gasteiger partial charge >= 0.3 is 12.0 Å². The van der Waals surface area contributed by atoms with Crippen molar-refractivity contribution in [1.29, 1.82) is 0 Å². The molecule has 21 heavy (non-hydrogen) atoms. The summed E-state index contributed by atoms with van der Waals surface area (Å²) in [5.74, 6) is -1.02. The lowest BCUT2D eigenvalue weighted by Crippen LogP contribution is -2.47. The maximum Gasteiger partial charge on any atom is 0.327 e. The molecule has 8 heteroatoms. The highest BCUT2D eigenvalue weighted by Crippen LogP contribution is 2.32. The highest BCUT2D eigenvalue weighted by Gasteiger charge is 2.40. The third-order valence-electron chi connectivity index (χ3n) is 3.13. The van der Waals surface area contributed by atoms with E-state index in [4.69, 9.17) is 0 Å². The van der Waals surface area contributed by atoms with E-state index in [1.54, 1.807) is 0 Å². The molecule has 2 N–H and O–H groups in total. The SMILES string of the molecule is CCC1SCC(C(=O)O)N1C(=O)Nc1ccc(F)cc1I. The second-order valence-electron chi connectivity index (χ2n) is 4.51. The Balaban J connectivity index is 2.18. The molecule has 5 nitrogen and oxygen atoms in total. The molecule has 0 saturated carbocycles. The summed E-state index contributed by atoms with van der Waals surface area (Å²) in [7, 11) is 0. The molecule has 1 aromatic rings. The number of hydrogen-bond acceptors (Lipinski definition) is 3. The number of benzene rings is 1. The normalized spacial score (nSPS) is 21.4. The van der Waals surface area contributed by atoms with Gasteiger partial charge < -0.3 is 10.4 Å². The molecule has 2 amide bonds. The Morgan fingerprint density at radius 2 is 2.29 bits per heavy atom. The van der Waals surface area contributed by atoms with E-state index in [1.165, 1.54) is 34.9 Å². The summed E-state index contributed by atoms with van der Waals surface area (Å²) < 4.78 is 13.6. The van der Waals surface area contributed by atoms with Gasteiger partial charge in [0.2, 0.25) is 0 Å². The molecule has 0 aromatic heterocycles. The summed E-state index contributed by atoms with van der Waals surface area (Å²) >= 11 is 3.38. The Morgan fingerprint density at radius 1 is 1.57 bits per heavy atom. The van der Waals surface area contributed by atoms with Crippen LogP contribution in [0.1, 0.15) is 13.3 Å². The van der Waals surface area contributed by atoms with Gasteiger partial charge in [-0.05, 0) is 47.2 Å². The number of thioether (sulfide) groups is 1. The molecule has 2 unspecified atom stereocenters. The molecule has 2 rings (SSSR count). The first-order chi connectivity index (χ1) is 9.93. The quantitative estimate of drug-likeness (QED) is 0.732.